The van der Waals surface area contributed by atoms with Crippen molar-refractivity contribution in [3.05, 3.63) is 12.3 Å². The highest BCUT2D eigenvalue weighted by molar-refractivity contribution is 5.91. The van der Waals surface area contributed by atoms with Crippen LogP contribution in [0, 0.1) is 5.92 Å². The zero-order chi connectivity index (χ0) is 21.3. The number of anilines is 1. The summed E-state index contributed by atoms with van der Waals surface area (Å²) in [6.45, 7) is 7.24. The molecule has 2 fully saturated rings. The van der Waals surface area contributed by atoms with Crippen molar-refractivity contribution in [3.63, 3.8) is 0 Å². The molecule has 2 N–H and O–H groups in total. The van der Waals surface area contributed by atoms with Gasteiger partial charge in [0.05, 0.1) is 24.9 Å². The molecule has 8 nitrogen and oxygen atoms in total. The lowest BCUT2D eigenvalue weighted by Gasteiger charge is -2.30. The number of hydrogen-bond acceptors (Lipinski definition) is 5. The van der Waals surface area contributed by atoms with Crippen LogP contribution in [0.2, 0.25) is 0 Å². The van der Waals surface area contributed by atoms with Crippen molar-refractivity contribution in [1.29, 1.82) is 0 Å². The van der Waals surface area contributed by atoms with Crippen molar-refractivity contribution in [3.8, 4) is 0 Å². The van der Waals surface area contributed by atoms with E-state index in [1.165, 1.54) is 12.8 Å². The number of carbonyl (C=O) groups is 2. The van der Waals surface area contributed by atoms with Gasteiger partial charge < -0.3 is 15.4 Å². The van der Waals surface area contributed by atoms with Gasteiger partial charge in [0.15, 0.2) is 0 Å². The Morgan fingerprint density at radius 3 is 2.63 bits per heavy atom. The minimum Gasteiger partial charge on any atom is -0.379 e. The molecule has 1 aromatic rings. The SMILES string of the molecule is CC(C)OCCCNC(=O)C1CCN(CC(=O)Nc2ccnn2C2CCCC2)CC1. The van der Waals surface area contributed by atoms with Crippen molar-refractivity contribution in [2.45, 2.75) is 70.9 Å². The van der Waals surface area contributed by atoms with Gasteiger partial charge in [0.1, 0.15) is 5.82 Å². The average molecular weight is 420 g/mol. The number of ether oxygens (including phenoxy) is 1. The molecule has 1 aliphatic carbocycles. The Kier molecular flexibility index (Phi) is 8.69. The highest BCUT2D eigenvalue weighted by atomic mass is 16.5. The van der Waals surface area contributed by atoms with Gasteiger partial charge in [-0.05, 0) is 59.0 Å². The van der Waals surface area contributed by atoms with Crippen LogP contribution in [0.3, 0.4) is 0 Å². The number of aromatic nitrogens is 2. The van der Waals surface area contributed by atoms with Gasteiger partial charge >= 0.3 is 0 Å². The van der Waals surface area contributed by atoms with Crippen molar-refractivity contribution in [1.82, 2.24) is 20.0 Å². The van der Waals surface area contributed by atoms with Crippen molar-refractivity contribution in [2.24, 2.45) is 5.92 Å². The van der Waals surface area contributed by atoms with Crippen molar-refractivity contribution >= 4 is 17.6 Å². The summed E-state index contributed by atoms with van der Waals surface area (Å²) in [4.78, 5) is 27.0. The molecule has 2 aliphatic rings. The molecule has 8 heteroatoms. The highest BCUT2D eigenvalue weighted by Crippen LogP contribution is 2.31. The summed E-state index contributed by atoms with van der Waals surface area (Å²) in [5, 5.41) is 10.5. The van der Waals surface area contributed by atoms with E-state index >= 15 is 0 Å². The molecule has 0 unspecified atom stereocenters. The molecule has 1 saturated carbocycles. The number of hydrogen-bond donors (Lipinski definition) is 2. The summed E-state index contributed by atoms with van der Waals surface area (Å²) in [6, 6.07) is 2.28. The summed E-state index contributed by atoms with van der Waals surface area (Å²) in [5.41, 5.74) is 0. The fraction of sp³-hybridized carbons (Fsp3) is 0.773. The third kappa shape index (κ3) is 6.80. The molecule has 0 bridgehead atoms. The van der Waals surface area contributed by atoms with E-state index in [2.05, 4.69) is 20.6 Å². The minimum atomic E-state index is -0.0113. The molecule has 1 saturated heterocycles. The van der Waals surface area contributed by atoms with Crippen LogP contribution in [0.4, 0.5) is 5.82 Å². The quantitative estimate of drug-likeness (QED) is 0.569. The summed E-state index contributed by atoms with van der Waals surface area (Å²) >= 11 is 0. The van der Waals surface area contributed by atoms with E-state index in [0.717, 1.165) is 51.0 Å². The van der Waals surface area contributed by atoms with Crippen LogP contribution in [-0.2, 0) is 14.3 Å². The first-order chi connectivity index (χ1) is 14.5. The Hall–Kier alpha value is -1.93. The first-order valence-electron chi connectivity index (χ1n) is 11.5. The van der Waals surface area contributed by atoms with E-state index in [1.807, 2.05) is 24.6 Å². The lowest BCUT2D eigenvalue weighted by atomic mass is 9.96. The molecule has 30 heavy (non-hydrogen) atoms. The predicted molar refractivity (Wildman–Crippen MR) is 116 cm³/mol. The van der Waals surface area contributed by atoms with Crippen LogP contribution >= 0.6 is 0 Å². The normalized spacial score (nSPS) is 18.8. The average Bonchev–Trinajstić information content (AvgIpc) is 3.39. The molecular formula is C22H37N5O3. The molecule has 3 rings (SSSR count). The molecule has 2 amide bonds. The number of amides is 2. The van der Waals surface area contributed by atoms with Gasteiger partial charge in [-0.2, -0.15) is 5.10 Å². The van der Waals surface area contributed by atoms with Crippen LogP contribution in [0.25, 0.3) is 0 Å². The standard InChI is InChI=1S/C22H37N5O3/c1-17(2)30-15-5-11-23-22(29)18-9-13-26(14-10-18)16-21(28)25-20-8-12-24-27(20)19-6-3-4-7-19/h8,12,17-19H,3-7,9-11,13-16H2,1-2H3,(H,23,29)(H,25,28). The van der Waals surface area contributed by atoms with E-state index in [9.17, 15) is 9.59 Å². The van der Waals surface area contributed by atoms with E-state index in [-0.39, 0.29) is 23.8 Å². The van der Waals surface area contributed by atoms with Gasteiger partial charge in [-0.25, -0.2) is 4.68 Å². The Bertz CT molecular complexity index is 676. The summed E-state index contributed by atoms with van der Waals surface area (Å²) in [7, 11) is 0. The predicted octanol–water partition coefficient (Wildman–Crippen LogP) is 2.58. The van der Waals surface area contributed by atoms with E-state index < -0.39 is 0 Å². The molecule has 0 aromatic carbocycles. The molecule has 168 valence electrons. The number of likely N-dealkylation sites (tertiary alicyclic amines) is 1. The zero-order valence-electron chi connectivity index (χ0n) is 18.4. The summed E-state index contributed by atoms with van der Waals surface area (Å²) in [5.74, 6) is 0.952. The Labute approximate surface area is 179 Å². The van der Waals surface area contributed by atoms with E-state index in [1.54, 1.807) is 6.20 Å². The van der Waals surface area contributed by atoms with Gasteiger partial charge in [-0.3, -0.25) is 14.5 Å². The fourth-order valence-electron chi connectivity index (χ4n) is 4.34. The number of carbonyl (C=O) groups excluding carboxylic acids is 2. The van der Waals surface area contributed by atoms with Crippen LogP contribution in [0.5, 0.6) is 0 Å². The fourth-order valence-corrected chi connectivity index (χ4v) is 4.34. The zero-order valence-corrected chi connectivity index (χ0v) is 18.4. The van der Waals surface area contributed by atoms with Crippen LogP contribution < -0.4 is 10.6 Å². The van der Waals surface area contributed by atoms with E-state index in [4.69, 9.17) is 4.74 Å². The second-order valence-electron chi connectivity index (χ2n) is 8.76. The molecular weight excluding hydrogens is 382 g/mol. The third-order valence-electron chi connectivity index (χ3n) is 6.01. The number of rotatable bonds is 10. The lowest BCUT2D eigenvalue weighted by Crippen LogP contribution is -2.43. The van der Waals surface area contributed by atoms with Crippen molar-refractivity contribution in [2.75, 3.05) is 38.1 Å². The first kappa shape index (κ1) is 22.7. The summed E-state index contributed by atoms with van der Waals surface area (Å²) in [6.07, 6.45) is 9.12. The van der Waals surface area contributed by atoms with Gasteiger partial charge in [0.2, 0.25) is 11.8 Å². The number of piperidine rings is 1. The lowest BCUT2D eigenvalue weighted by molar-refractivity contribution is -0.126. The molecule has 1 aromatic heterocycles. The first-order valence-corrected chi connectivity index (χ1v) is 11.5. The molecule has 0 atom stereocenters. The molecule has 0 radical (unpaired) electrons. The van der Waals surface area contributed by atoms with Crippen LogP contribution in [0.1, 0.15) is 64.8 Å². The second kappa shape index (κ2) is 11.5. The third-order valence-corrected chi connectivity index (χ3v) is 6.01. The van der Waals surface area contributed by atoms with Crippen LogP contribution in [0.15, 0.2) is 12.3 Å². The highest BCUT2D eigenvalue weighted by Gasteiger charge is 2.26. The number of nitrogens with one attached hydrogen (secondary N) is 2. The molecule has 2 heterocycles. The Balaban J connectivity index is 1.34. The maximum Gasteiger partial charge on any atom is 0.239 e. The van der Waals surface area contributed by atoms with Gasteiger partial charge in [0.25, 0.3) is 0 Å². The Morgan fingerprint density at radius 2 is 1.93 bits per heavy atom. The molecule has 1 aliphatic heterocycles. The smallest absolute Gasteiger partial charge is 0.239 e. The topological polar surface area (TPSA) is 88.5 Å². The largest absolute Gasteiger partial charge is 0.379 e. The number of nitrogens with zero attached hydrogens (tertiary/aromatic N) is 3. The van der Waals surface area contributed by atoms with Gasteiger partial charge in [-0.1, -0.05) is 12.8 Å². The molecule has 0 spiro atoms. The van der Waals surface area contributed by atoms with Gasteiger partial charge in [-0.15, -0.1) is 0 Å². The maximum absolute atomic E-state index is 12.5. The van der Waals surface area contributed by atoms with Gasteiger partial charge in [0, 0.05) is 25.1 Å². The van der Waals surface area contributed by atoms with Crippen LogP contribution in [-0.4, -0.2) is 65.4 Å². The minimum absolute atomic E-state index is 0.0113. The maximum atomic E-state index is 12.5. The Morgan fingerprint density at radius 1 is 1.20 bits per heavy atom. The second-order valence-corrected chi connectivity index (χ2v) is 8.76. The van der Waals surface area contributed by atoms with E-state index in [0.29, 0.717) is 25.7 Å². The van der Waals surface area contributed by atoms with Crippen molar-refractivity contribution < 1.29 is 14.3 Å². The monoisotopic (exact) mass is 419 g/mol. The summed E-state index contributed by atoms with van der Waals surface area (Å²) < 4.78 is 7.46.